The quantitative estimate of drug-likeness (QED) is 0.894. The Hall–Kier alpha value is -1.55. The third kappa shape index (κ3) is 2.89. The monoisotopic (exact) mass is 262 g/mol. The highest BCUT2D eigenvalue weighted by Crippen LogP contribution is 2.25. The van der Waals surface area contributed by atoms with E-state index in [2.05, 4.69) is 36.9 Å². The maximum Gasteiger partial charge on any atom is 0.245 e. The molecule has 4 nitrogen and oxygen atoms in total. The van der Waals surface area contributed by atoms with Crippen molar-refractivity contribution in [2.45, 2.75) is 26.3 Å². The molecule has 1 atom stereocenters. The number of hydrogen-bond acceptors (Lipinski definition) is 3. The molecule has 0 spiro atoms. The highest BCUT2D eigenvalue weighted by Gasteiger charge is 2.32. The van der Waals surface area contributed by atoms with Gasteiger partial charge in [0.05, 0.1) is 0 Å². The fourth-order valence-electron chi connectivity index (χ4n) is 2.74. The summed E-state index contributed by atoms with van der Waals surface area (Å²) in [7, 11) is 1.82. The molecule has 1 heterocycles. The summed E-state index contributed by atoms with van der Waals surface area (Å²) in [6.07, 6.45) is 0.482. The molecule has 0 saturated carbocycles. The number of aliphatic hydroxyl groups excluding tert-OH is 1. The summed E-state index contributed by atoms with van der Waals surface area (Å²) < 4.78 is 0. The Balaban J connectivity index is 2.32. The number of likely N-dealkylation sites (N-methyl/N-ethyl adjacent to an activating group) is 1. The van der Waals surface area contributed by atoms with E-state index in [0.29, 0.717) is 6.42 Å². The lowest BCUT2D eigenvalue weighted by atomic mass is 10.0. The van der Waals surface area contributed by atoms with Gasteiger partial charge in [0.15, 0.2) is 0 Å². The van der Waals surface area contributed by atoms with Crippen LogP contribution in [0.5, 0.6) is 0 Å². The fourth-order valence-corrected chi connectivity index (χ4v) is 2.74. The number of aryl methyl sites for hydroxylation is 2. The molecule has 2 rings (SSSR count). The zero-order valence-corrected chi connectivity index (χ0v) is 11.9. The van der Waals surface area contributed by atoms with Crippen molar-refractivity contribution in [2.75, 3.05) is 31.6 Å². The molecule has 1 aliphatic rings. The minimum absolute atomic E-state index is 0.0333. The first kappa shape index (κ1) is 13.9. The highest BCUT2D eigenvalue weighted by atomic mass is 16.3. The van der Waals surface area contributed by atoms with Gasteiger partial charge in [-0.05, 0) is 43.5 Å². The van der Waals surface area contributed by atoms with Gasteiger partial charge in [0, 0.05) is 32.4 Å². The SMILES string of the molecule is Cc1cc(C)cc(N2CCN(C)C(=O)C2CCO)c1. The Kier molecular flexibility index (Phi) is 4.10. The lowest BCUT2D eigenvalue weighted by molar-refractivity contribution is -0.133. The summed E-state index contributed by atoms with van der Waals surface area (Å²) in [5.74, 6) is 0.0967. The van der Waals surface area contributed by atoms with Gasteiger partial charge in [0.1, 0.15) is 6.04 Å². The zero-order chi connectivity index (χ0) is 14.0. The molecule has 1 unspecified atom stereocenters. The number of benzene rings is 1. The molecule has 1 aromatic rings. The first-order valence-corrected chi connectivity index (χ1v) is 6.73. The van der Waals surface area contributed by atoms with Gasteiger partial charge in [-0.15, -0.1) is 0 Å². The normalized spacial score (nSPS) is 20.0. The predicted octanol–water partition coefficient (Wildman–Crippen LogP) is 1.33. The number of carbonyl (C=O) groups is 1. The van der Waals surface area contributed by atoms with Crippen LogP contribution < -0.4 is 4.90 Å². The summed E-state index contributed by atoms with van der Waals surface area (Å²) in [5.41, 5.74) is 3.48. The van der Waals surface area contributed by atoms with Crippen LogP contribution in [0.25, 0.3) is 0 Å². The van der Waals surface area contributed by atoms with E-state index in [1.54, 1.807) is 4.90 Å². The van der Waals surface area contributed by atoms with Crippen LogP contribution in [0.3, 0.4) is 0 Å². The van der Waals surface area contributed by atoms with E-state index in [0.717, 1.165) is 18.8 Å². The summed E-state index contributed by atoms with van der Waals surface area (Å²) in [5, 5.41) is 9.20. The molecule has 1 aliphatic heterocycles. The van der Waals surface area contributed by atoms with Crippen LogP contribution in [0.4, 0.5) is 5.69 Å². The Labute approximate surface area is 114 Å². The molecule has 19 heavy (non-hydrogen) atoms. The summed E-state index contributed by atoms with van der Waals surface area (Å²) in [4.78, 5) is 16.1. The topological polar surface area (TPSA) is 43.8 Å². The van der Waals surface area contributed by atoms with E-state index < -0.39 is 0 Å². The third-order valence-corrected chi connectivity index (χ3v) is 3.65. The maximum atomic E-state index is 12.2. The van der Waals surface area contributed by atoms with Crippen LogP contribution >= 0.6 is 0 Å². The first-order valence-electron chi connectivity index (χ1n) is 6.73. The molecular weight excluding hydrogens is 240 g/mol. The molecule has 4 heteroatoms. The Morgan fingerprint density at radius 1 is 1.21 bits per heavy atom. The number of aliphatic hydroxyl groups is 1. The van der Waals surface area contributed by atoms with Gasteiger partial charge < -0.3 is 14.9 Å². The minimum Gasteiger partial charge on any atom is -0.396 e. The molecule has 0 aromatic heterocycles. The van der Waals surface area contributed by atoms with Crippen molar-refractivity contribution in [3.05, 3.63) is 29.3 Å². The van der Waals surface area contributed by atoms with Crippen molar-refractivity contribution in [2.24, 2.45) is 0 Å². The van der Waals surface area contributed by atoms with E-state index in [4.69, 9.17) is 0 Å². The number of carbonyl (C=O) groups excluding carboxylic acids is 1. The number of anilines is 1. The van der Waals surface area contributed by atoms with Crippen LogP contribution in [0.15, 0.2) is 18.2 Å². The largest absolute Gasteiger partial charge is 0.396 e. The van der Waals surface area contributed by atoms with Crippen molar-refractivity contribution in [1.29, 1.82) is 0 Å². The molecular formula is C15H22N2O2. The van der Waals surface area contributed by atoms with E-state index in [1.807, 2.05) is 7.05 Å². The standard InChI is InChI=1S/C15H22N2O2/c1-11-8-12(2)10-13(9-11)17-6-5-16(3)15(19)14(17)4-7-18/h8-10,14,18H,4-7H2,1-3H3. The van der Waals surface area contributed by atoms with Crippen molar-refractivity contribution < 1.29 is 9.90 Å². The predicted molar refractivity (Wildman–Crippen MR) is 76.4 cm³/mol. The van der Waals surface area contributed by atoms with Gasteiger partial charge >= 0.3 is 0 Å². The number of amides is 1. The number of piperazine rings is 1. The summed E-state index contributed by atoms with van der Waals surface area (Å²) >= 11 is 0. The summed E-state index contributed by atoms with van der Waals surface area (Å²) in [6, 6.07) is 6.10. The van der Waals surface area contributed by atoms with Crippen molar-refractivity contribution in [3.8, 4) is 0 Å². The van der Waals surface area contributed by atoms with Crippen molar-refractivity contribution in [3.63, 3.8) is 0 Å². The third-order valence-electron chi connectivity index (χ3n) is 3.65. The van der Waals surface area contributed by atoms with E-state index in [9.17, 15) is 9.90 Å². The second-order valence-electron chi connectivity index (χ2n) is 5.33. The van der Waals surface area contributed by atoms with Crippen molar-refractivity contribution >= 4 is 11.6 Å². The average Bonchev–Trinajstić information content (AvgIpc) is 2.34. The minimum atomic E-state index is -0.245. The molecule has 1 saturated heterocycles. The number of hydrogen-bond donors (Lipinski definition) is 1. The molecule has 1 fully saturated rings. The van der Waals surface area contributed by atoms with Gasteiger partial charge in [0.2, 0.25) is 5.91 Å². The second-order valence-corrected chi connectivity index (χ2v) is 5.33. The van der Waals surface area contributed by atoms with Gasteiger partial charge in [-0.1, -0.05) is 6.07 Å². The molecule has 1 aromatic carbocycles. The molecule has 1 amide bonds. The number of nitrogens with zero attached hydrogens (tertiary/aromatic N) is 2. The highest BCUT2D eigenvalue weighted by molar-refractivity contribution is 5.86. The lowest BCUT2D eigenvalue weighted by Crippen LogP contribution is -2.56. The first-order chi connectivity index (χ1) is 9.02. The molecule has 0 bridgehead atoms. The van der Waals surface area contributed by atoms with E-state index >= 15 is 0 Å². The van der Waals surface area contributed by atoms with Crippen LogP contribution in [0, 0.1) is 13.8 Å². The Bertz CT molecular complexity index is 453. The van der Waals surface area contributed by atoms with E-state index in [-0.39, 0.29) is 18.6 Å². The second kappa shape index (κ2) is 5.61. The van der Waals surface area contributed by atoms with Crippen LogP contribution in [0.2, 0.25) is 0 Å². The fraction of sp³-hybridized carbons (Fsp3) is 0.533. The van der Waals surface area contributed by atoms with Crippen LogP contribution in [-0.4, -0.2) is 48.7 Å². The Morgan fingerprint density at radius 3 is 2.42 bits per heavy atom. The molecule has 0 radical (unpaired) electrons. The van der Waals surface area contributed by atoms with Crippen LogP contribution in [0.1, 0.15) is 17.5 Å². The molecule has 0 aliphatic carbocycles. The molecule has 104 valence electrons. The van der Waals surface area contributed by atoms with Gasteiger partial charge in [0.25, 0.3) is 0 Å². The van der Waals surface area contributed by atoms with Crippen LogP contribution in [-0.2, 0) is 4.79 Å². The zero-order valence-electron chi connectivity index (χ0n) is 11.9. The lowest BCUT2D eigenvalue weighted by Gasteiger charge is -2.40. The van der Waals surface area contributed by atoms with Gasteiger partial charge in [-0.2, -0.15) is 0 Å². The maximum absolute atomic E-state index is 12.2. The Morgan fingerprint density at radius 2 is 1.84 bits per heavy atom. The molecule has 1 N–H and O–H groups in total. The van der Waals surface area contributed by atoms with Gasteiger partial charge in [-0.25, -0.2) is 0 Å². The van der Waals surface area contributed by atoms with Crippen molar-refractivity contribution in [1.82, 2.24) is 4.90 Å². The van der Waals surface area contributed by atoms with Gasteiger partial charge in [-0.3, -0.25) is 4.79 Å². The smallest absolute Gasteiger partial charge is 0.245 e. The van der Waals surface area contributed by atoms with E-state index in [1.165, 1.54) is 11.1 Å². The average molecular weight is 262 g/mol. The number of rotatable bonds is 3. The summed E-state index contributed by atoms with van der Waals surface area (Å²) in [6.45, 7) is 5.71.